The van der Waals surface area contributed by atoms with E-state index in [-0.39, 0.29) is 24.2 Å². The monoisotopic (exact) mass is 330 g/mol. The van der Waals surface area contributed by atoms with Crippen molar-refractivity contribution in [3.63, 3.8) is 0 Å². The van der Waals surface area contributed by atoms with Gasteiger partial charge in [-0.2, -0.15) is 0 Å². The van der Waals surface area contributed by atoms with Crippen molar-refractivity contribution >= 4 is 5.91 Å². The second kappa shape index (κ2) is 7.68. The molecule has 1 aromatic rings. The number of nitrogens with one attached hydrogen (secondary N) is 1. The van der Waals surface area contributed by atoms with Crippen LogP contribution in [0.15, 0.2) is 24.3 Å². The molecule has 1 aromatic carbocycles. The highest BCUT2D eigenvalue weighted by Gasteiger charge is 2.31. The number of hydrogen-bond acceptors (Lipinski definition) is 3. The molecule has 0 radical (unpaired) electrons. The number of benzene rings is 1. The molecule has 1 amide bonds. The summed E-state index contributed by atoms with van der Waals surface area (Å²) in [7, 11) is 0. The van der Waals surface area contributed by atoms with Crippen LogP contribution < -0.4 is 10.1 Å². The molecule has 1 fully saturated rings. The van der Waals surface area contributed by atoms with Crippen molar-refractivity contribution in [2.24, 2.45) is 0 Å². The van der Waals surface area contributed by atoms with Gasteiger partial charge in [0.05, 0.1) is 6.04 Å². The summed E-state index contributed by atoms with van der Waals surface area (Å²) in [5.41, 5.74) is 0.568. The Bertz CT molecular complexity index is 534. The Labute approximate surface area is 133 Å². The summed E-state index contributed by atoms with van der Waals surface area (Å²) < 4.78 is 40.5. The average molecular weight is 330 g/mol. The fraction of sp³-hybridized carbons (Fsp3) is 0.562. The lowest BCUT2D eigenvalue weighted by Gasteiger charge is -2.33. The zero-order chi connectivity index (χ0) is 16.9. The molecule has 1 heterocycles. The number of hydrogen-bond donors (Lipinski definition) is 1. The first-order valence-corrected chi connectivity index (χ1v) is 7.75. The maximum atomic E-state index is 12.3. The van der Waals surface area contributed by atoms with Crippen LogP contribution in [0.3, 0.4) is 0 Å². The molecular formula is C16H21F3N2O2. The summed E-state index contributed by atoms with van der Waals surface area (Å²) in [5, 5.41) is 2.81. The van der Waals surface area contributed by atoms with Crippen molar-refractivity contribution in [1.29, 1.82) is 0 Å². The number of halogens is 3. The number of ether oxygens (including phenoxy) is 1. The Morgan fingerprint density at radius 3 is 2.87 bits per heavy atom. The number of carbonyl (C=O) groups is 1. The van der Waals surface area contributed by atoms with Crippen LogP contribution in [0.4, 0.5) is 13.2 Å². The maximum absolute atomic E-state index is 12.3. The van der Waals surface area contributed by atoms with Gasteiger partial charge in [0.15, 0.2) is 0 Å². The first-order valence-electron chi connectivity index (χ1n) is 7.75. The summed E-state index contributed by atoms with van der Waals surface area (Å²) in [6, 6.07) is 5.50. The Balaban J connectivity index is 1.92. The smallest absolute Gasteiger partial charge is 0.406 e. The van der Waals surface area contributed by atoms with Gasteiger partial charge in [0.1, 0.15) is 5.75 Å². The Kier molecular flexibility index (Phi) is 5.87. The first-order chi connectivity index (χ1) is 10.9. The lowest BCUT2D eigenvalue weighted by molar-refractivity contribution is -0.274. The van der Waals surface area contributed by atoms with Crippen LogP contribution in [0.25, 0.3) is 0 Å². The summed E-state index contributed by atoms with van der Waals surface area (Å²) in [6.07, 6.45) is -1.79. The Morgan fingerprint density at radius 2 is 2.17 bits per heavy atom. The highest BCUT2D eigenvalue weighted by Crippen LogP contribution is 2.23. The fourth-order valence-corrected chi connectivity index (χ4v) is 2.83. The third-order valence-electron chi connectivity index (χ3n) is 3.92. The summed E-state index contributed by atoms with van der Waals surface area (Å²) in [6.45, 7) is 3.92. The van der Waals surface area contributed by atoms with E-state index in [0.717, 1.165) is 32.4 Å². The second-order valence-corrected chi connectivity index (χ2v) is 5.55. The molecule has 1 unspecified atom stereocenters. The molecule has 1 aliphatic rings. The lowest BCUT2D eigenvalue weighted by Crippen LogP contribution is -2.49. The van der Waals surface area contributed by atoms with Crippen molar-refractivity contribution < 1.29 is 22.7 Å². The van der Waals surface area contributed by atoms with E-state index in [1.807, 2.05) is 6.92 Å². The van der Waals surface area contributed by atoms with Gasteiger partial charge in [-0.25, -0.2) is 0 Å². The Hall–Kier alpha value is -1.76. The molecule has 1 atom stereocenters. The molecule has 4 nitrogen and oxygen atoms in total. The molecule has 128 valence electrons. The molecule has 2 rings (SSSR count). The van der Waals surface area contributed by atoms with E-state index in [0.29, 0.717) is 5.56 Å². The highest BCUT2D eigenvalue weighted by atomic mass is 19.4. The molecule has 23 heavy (non-hydrogen) atoms. The van der Waals surface area contributed by atoms with Crippen molar-refractivity contribution in [3.8, 4) is 5.75 Å². The van der Waals surface area contributed by atoms with Crippen LogP contribution in [-0.2, 0) is 11.3 Å². The molecule has 1 saturated heterocycles. The Morgan fingerprint density at radius 1 is 1.39 bits per heavy atom. The van der Waals surface area contributed by atoms with E-state index in [2.05, 4.69) is 15.0 Å². The standard InChI is InChI=1S/C16H21F3N2O2/c1-2-21-9-4-3-8-14(21)15(22)20-11-12-6-5-7-13(10-12)23-16(17,18)19/h5-7,10,14H,2-4,8-9,11H2,1H3,(H,20,22). The minimum absolute atomic E-state index is 0.0753. The summed E-state index contributed by atoms with van der Waals surface area (Å²) in [4.78, 5) is 14.4. The van der Waals surface area contributed by atoms with E-state index in [1.165, 1.54) is 18.2 Å². The molecule has 0 saturated carbocycles. The van der Waals surface area contributed by atoms with Gasteiger partial charge >= 0.3 is 6.36 Å². The van der Waals surface area contributed by atoms with Crippen LogP contribution in [-0.4, -0.2) is 36.3 Å². The van der Waals surface area contributed by atoms with Gasteiger partial charge in [0.25, 0.3) is 0 Å². The van der Waals surface area contributed by atoms with Crippen LogP contribution in [0.1, 0.15) is 31.7 Å². The quantitative estimate of drug-likeness (QED) is 0.902. The molecule has 7 heteroatoms. The molecule has 0 aliphatic carbocycles. The van der Waals surface area contributed by atoms with Crippen LogP contribution in [0, 0.1) is 0 Å². The minimum atomic E-state index is -4.72. The van der Waals surface area contributed by atoms with Gasteiger partial charge in [-0.05, 0) is 43.6 Å². The predicted molar refractivity (Wildman–Crippen MR) is 79.9 cm³/mol. The van der Waals surface area contributed by atoms with Gasteiger partial charge in [-0.15, -0.1) is 13.2 Å². The number of nitrogens with zero attached hydrogens (tertiary/aromatic N) is 1. The maximum Gasteiger partial charge on any atom is 0.573 e. The number of piperidine rings is 1. The van der Waals surface area contributed by atoms with Crippen molar-refractivity contribution in [2.45, 2.75) is 45.1 Å². The minimum Gasteiger partial charge on any atom is -0.406 e. The van der Waals surface area contributed by atoms with Crippen molar-refractivity contribution in [3.05, 3.63) is 29.8 Å². The third-order valence-corrected chi connectivity index (χ3v) is 3.92. The zero-order valence-corrected chi connectivity index (χ0v) is 13.0. The van der Waals surface area contributed by atoms with Gasteiger partial charge in [-0.3, -0.25) is 9.69 Å². The van der Waals surface area contributed by atoms with E-state index < -0.39 is 6.36 Å². The number of rotatable bonds is 5. The first kappa shape index (κ1) is 17.6. The lowest BCUT2D eigenvalue weighted by atomic mass is 10.0. The normalized spacial score (nSPS) is 19.4. The number of amides is 1. The second-order valence-electron chi connectivity index (χ2n) is 5.55. The van der Waals surface area contributed by atoms with Gasteiger partial charge in [-0.1, -0.05) is 25.5 Å². The van der Waals surface area contributed by atoms with Crippen molar-refractivity contribution in [1.82, 2.24) is 10.2 Å². The molecule has 0 spiro atoms. The molecule has 1 N–H and O–H groups in total. The molecule has 0 aromatic heterocycles. The molecule has 0 bridgehead atoms. The average Bonchev–Trinajstić information content (AvgIpc) is 2.51. The summed E-state index contributed by atoms with van der Waals surface area (Å²) >= 11 is 0. The third kappa shape index (κ3) is 5.42. The fourth-order valence-electron chi connectivity index (χ4n) is 2.83. The molecular weight excluding hydrogens is 309 g/mol. The van der Waals surface area contributed by atoms with Gasteiger partial charge < -0.3 is 10.1 Å². The van der Waals surface area contributed by atoms with E-state index in [9.17, 15) is 18.0 Å². The van der Waals surface area contributed by atoms with E-state index in [4.69, 9.17) is 0 Å². The van der Waals surface area contributed by atoms with Crippen LogP contribution >= 0.6 is 0 Å². The van der Waals surface area contributed by atoms with Gasteiger partial charge in [0.2, 0.25) is 5.91 Å². The molecule has 1 aliphatic heterocycles. The summed E-state index contributed by atoms with van der Waals surface area (Å²) in [5.74, 6) is -0.356. The number of likely N-dealkylation sites (tertiary alicyclic amines) is 1. The van der Waals surface area contributed by atoms with Crippen molar-refractivity contribution in [2.75, 3.05) is 13.1 Å². The van der Waals surface area contributed by atoms with Gasteiger partial charge in [0, 0.05) is 6.54 Å². The number of alkyl halides is 3. The predicted octanol–water partition coefficient (Wildman–Crippen LogP) is 3.08. The topological polar surface area (TPSA) is 41.6 Å². The van der Waals surface area contributed by atoms with Crippen LogP contribution in [0.5, 0.6) is 5.75 Å². The van der Waals surface area contributed by atoms with Crippen LogP contribution in [0.2, 0.25) is 0 Å². The highest BCUT2D eigenvalue weighted by molar-refractivity contribution is 5.81. The van der Waals surface area contributed by atoms with E-state index in [1.54, 1.807) is 6.07 Å². The SMILES string of the molecule is CCN1CCCCC1C(=O)NCc1cccc(OC(F)(F)F)c1. The zero-order valence-electron chi connectivity index (χ0n) is 13.0. The number of likely N-dealkylation sites (N-methyl/N-ethyl adjacent to an activating group) is 1. The van der Waals surface area contributed by atoms with E-state index >= 15 is 0 Å². The largest absolute Gasteiger partial charge is 0.573 e. The number of carbonyl (C=O) groups excluding carboxylic acids is 1.